The van der Waals surface area contributed by atoms with Gasteiger partial charge in [-0.1, -0.05) is 78.9 Å². The average Bonchev–Trinajstić information content (AvgIpc) is 3.36. The first-order chi connectivity index (χ1) is 21.0. The maximum absolute atomic E-state index is 13.5. The summed E-state index contributed by atoms with van der Waals surface area (Å²) in [4.78, 5) is 51.9. The summed E-state index contributed by atoms with van der Waals surface area (Å²) in [5.74, 6) is -1.06. The maximum atomic E-state index is 13.5. The van der Waals surface area contributed by atoms with Crippen LogP contribution in [-0.4, -0.2) is 46.3 Å². The maximum Gasteiger partial charge on any atom is 0.408 e. The molecule has 0 radical (unpaired) electrons. The highest BCUT2D eigenvalue weighted by molar-refractivity contribution is 5.98. The predicted octanol–water partition coefficient (Wildman–Crippen LogP) is 5.78. The highest BCUT2D eigenvalue weighted by Crippen LogP contribution is 2.24. The largest absolute Gasteiger partial charge is 0.459 e. The molecule has 4 aromatic rings. The van der Waals surface area contributed by atoms with Crippen molar-refractivity contribution in [3.05, 3.63) is 108 Å². The number of carbonyl (C=O) groups is 4. The van der Waals surface area contributed by atoms with E-state index in [9.17, 15) is 19.2 Å². The van der Waals surface area contributed by atoms with Gasteiger partial charge in [-0.2, -0.15) is 0 Å². The van der Waals surface area contributed by atoms with Gasteiger partial charge in [-0.05, 0) is 50.5 Å². The van der Waals surface area contributed by atoms with Crippen molar-refractivity contribution in [2.24, 2.45) is 0 Å². The van der Waals surface area contributed by atoms with Crippen LogP contribution in [-0.2, 0) is 38.6 Å². The van der Waals surface area contributed by atoms with Gasteiger partial charge >= 0.3 is 18.2 Å². The van der Waals surface area contributed by atoms with E-state index in [4.69, 9.17) is 14.2 Å². The molecule has 0 unspecified atom stereocenters. The Morgan fingerprint density at radius 2 is 1.32 bits per heavy atom. The molecule has 0 aliphatic rings. The molecule has 0 saturated heterocycles. The zero-order valence-electron chi connectivity index (χ0n) is 25.2. The summed E-state index contributed by atoms with van der Waals surface area (Å²) in [5, 5.41) is 5.92. The second-order valence-electron chi connectivity index (χ2n) is 11.3. The number of amides is 2. The zero-order chi connectivity index (χ0) is 31.7. The van der Waals surface area contributed by atoms with Crippen LogP contribution < -0.4 is 10.6 Å². The van der Waals surface area contributed by atoms with Crippen LogP contribution in [0, 0.1) is 0 Å². The highest BCUT2D eigenvalue weighted by atomic mass is 16.6. The van der Waals surface area contributed by atoms with Gasteiger partial charge in [-0.3, -0.25) is 9.36 Å². The molecule has 2 atom stereocenters. The van der Waals surface area contributed by atoms with Crippen LogP contribution in [0.25, 0.3) is 10.9 Å². The Balaban J connectivity index is 1.52. The smallest absolute Gasteiger partial charge is 0.408 e. The van der Waals surface area contributed by atoms with Crippen molar-refractivity contribution in [1.29, 1.82) is 0 Å². The van der Waals surface area contributed by atoms with Crippen LogP contribution >= 0.6 is 0 Å². The summed E-state index contributed by atoms with van der Waals surface area (Å²) >= 11 is 0. The van der Waals surface area contributed by atoms with Gasteiger partial charge in [0.2, 0.25) is 0 Å². The summed E-state index contributed by atoms with van der Waals surface area (Å²) in [6, 6.07) is 23.6. The molecule has 0 bridgehead atoms. The van der Waals surface area contributed by atoms with Gasteiger partial charge in [-0.25, -0.2) is 14.4 Å². The Kier molecular flexibility index (Phi) is 10.4. The van der Waals surface area contributed by atoms with Crippen LogP contribution in [0.5, 0.6) is 0 Å². The lowest BCUT2D eigenvalue weighted by molar-refractivity contribution is -0.147. The highest BCUT2D eigenvalue weighted by Gasteiger charge is 2.28. The van der Waals surface area contributed by atoms with E-state index in [0.29, 0.717) is 16.5 Å². The Labute approximate surface area is 256 Å². The molecule has 44 heavy (non-hydrogen) atoms. The number of benzene rings is 3. The first-order valence-electron chi connectivity index (χ1n) is 14.3. The Morgan fingerprint density at radius 3 is 1.93 bits per heavy atom. The SMILES string of the molecule is C[C@H](NC(=O)OCc1ccccc1)C(=O)n1cc(C[C@H](NC(=O)OC(C)(C)C)C(=O)OCc2ccccc2)c2ccccc21. The number of nitrogens with zero attached hydrogens (tertiary/aromatic N) is 1. The number of hydrogen-bond donors (Lipinski definition) is 2. The number of carbonyl (C=O) groups excluding carboxylic acids is 4. The lowest BCUT2D eigenvalue weighted by Crippen LogP contribution is -2.45. The first-order valence-corrected chi connectivity index (χ1v) is 14.3. The predicted molar refractivity (Wildman–Crippen MR) is 165 cm³/mol. The summed E-state index contributed by atoms with van der Waals surface area (Å²) < 4.78 is 17.6. The molecule has 0 saturated carbocycles. The number of esters is 1. The number of aromatic nitrogens is 1. The molecule has 230 valence electrons. The molecule has 1 aromatic heterocycles. The summed E-state index contributed by atoms with van der Waals surface area (Å²) in [7, 11) is 0. The van der Waals surface area contributed by atoms with Gasteiger partial charge in [0.15, 0.2) is 0 Å². The third kappa shape index (κ3) is 8.94. The standard InChI is InChI=1S/C34H37N3O7/c1-23(35-32(40)43-22-25-15-9-6-10-16-25)30(38)37-20-26(27-17-11-12-18-29(27)37)19-28(36-33(41)44-34(2,3)4)31(39)42-21-24-13-7-5-8-14-24/h5-18,20,23,28H,19,21-22H2,1-4H3,(H,35,40)(H,36,41)/t23-,28-/m0/s1. The van der Waals surface area contributed by atoms with Gasteiger partial charge in [0.1, 0.15) is 30.9 Å². The van der Waals surface area contributed by atoms with Crippen LogP contribution in [0.3, 0.4) is 0 Å². The van der Waals surface area contributed by atoms with Gasteiger partial charge < -0.3 is 24.8 Å². The molecule has 10 nitrogen and oxygen atoms in total. The van der Waals surface area contributed by atoms with E-state index >= 15 is 0 Å². The molecule has 2 N–H and O–H groups in total. The van der Waals surface area contributed by atoms with E-state index in [1.165, 1.54) is 4.57 Å². The number of alkyl carbamates (subject to hydrolysis) is 2. The first kappa shape index (κ1) is 31.8. The van der Waals surface area contributed by atoms with E-state index in [0.717, 1.165) is 11.1 Å². The van der Waals surface area contributed by atoms with E-state index in [1.54, 1.807) is 46.0 Å². The molecule has 1 heterocycles. The van der Waals surface area contributed by atoms with E-state index < -0.39 is 41.7 Å². The minimum Gasteiger partial charge on any atom is -0.459 e. The molecule has 0 aliphatic heterocycles. The quantitative estimate of drug-likeness (QED) is 0.175. The number of fused-ring (bicyclic) bond motifs is 1. The molecular formula is C34H37N3O7. The van der Waals surface area contributed by atoms with Crippen molar-refractivity contribution in [3.8, 4) is 0 Å². The number of ether oxygens (including phenoxy) is 3. The molecule has 3 aromatic carbocycles. The van der Waals surface area contributed by atoms with Crippen LogP contribution in [0.2, 0.25) is 0 Å². The van der Waals surface area contributed by atoms with E-state index in [1.807, 2.05) is 72.8 Å². The molecule has 2 amide bonds. The minimum atomic E-state index is -1.11. The topological polar surface area (TPSA) is 125 Å². The fourth-order valence-electron chi connectivity index (χ4n) is 4.50. The number of para-hydroxylation sites is 1. The van der Waals surface area contributed by atoms with Gasteiger partial charge in [0, 0.05) is 18.0 Å². The van der Waals surface area contributed by atoms with Crippen molar-refractivity contribution in [2.75, 3.05) is 0 Å². The molecule has 0 fully saturated rings. The summed E-state index contributed by atoms with van der Waals surface area (Å²) in [6.07, 6.45) is 0.128. The summed E-state index contributed by atoms with van der Waals surface area (Å²) in [6.45, 7) is 6.82. The Hall–Kier alpha value is -5.12. The lowest BCUT2D eigenvalue weighted by Gasteiger charge is -2.23. The van der Waals surface area contributed by atoms with Gasteiger partial charge in [0.25, 0.3) is 5.91 Å². The number of nitrogens with one attached hydrogen (secondary N) is 2. The minimum absolute atomic E-state index is 0.0224. The Morgan fingerprint density at radius 1 is 0.750 bits per heavy atom. The summed E-state index contributed by atoms with van der Waals surface area (Å²) in [5.41, 5.74) is 2.02. The lowest BCUT2D eigenvalue weighted by atomic mass is 10.1. The van der Waals surface area contributed by atoms with Crippen molar-refractivity contribution < 1.29 is 33.4 Å². The zero-order valence-corrected chi connectivity index (χ0v) is 25.2. The van der Waals surface area contributed by atoms with E-state index in [2.05, 4.69) is 10.6 Å². The molecule has 0 spiro atoms. The fraction of sp³-hybridized carbons (Fsp3) is 0.294. The Bertz CT molecular complexity index is 1590. The third-order valence-corrected chi connectivity index (χ3v) is 6.57. The average molecular weight is 600 g/mol. The van der Waals surface area contributed by atoms with E-state index in [-0.39, 0.29) is 19.6 Å². The fourth-order valence-corrected chi connectivity index (χ4v) is 4.50. The molecule has 0 aliphatic carbocycles. The van der Waals surface area contributed by atoms with Crippen molar-refractivity contribution in [3.63, 3.8) is 0 Å². The van der Waals surface area contributed by atoms with Crippen LogP contribution in [0.15, 0.2) is 91.1 Å². The third-order valence-electron chi connectivity index (χ3n) is 6.57. The van der Waals surface area contributed by atoms with Crippen molar-refractivity contribution >= 4 is 35.0 Å². The van der Waals surface area contributed by atoms with Crippen molar-refractivity contribution in [1.82, 2.24) is 15.2 Å². The van der Waals surface area contributed by atoms with Gasteiger partial charge in [-0.15, -0.1) is 0 Å². The second kappa shape index (κ2) is 14.4. The monoisotopic (exact) mass is 599 g/mol. The molecule has 4 rings (SSSR count). The van der Waals surface area contributed by atoms with Crippen molar-refractivity contribution in [2.45, 2.75) is 65.0 Å². The normalized spacial score (nSPS) is 12.5. The number of hydrogen-bond acceptors (Lipinski definition) is 7. The van der Waals surface area contributed by atoms with Crippen LogP contribution in [0.1, 0.15) is 49.2 Å². The number of rotatable bonds is 10. The second-order valence-corrected chi connectivity index (χ2v) is 11.3. The van der Waals surface area contributed by atoms with Gasteiger partial charge in [0.05, 0.1) is 5.52 Å². The molecule has 10 heteroatoms. The van der Waals surface area contributed by atoms with Crippen LogP contribution in [0.4, 0.5) is 9.59 Å². The molecular weight excluding hydrogens is 562 g/mol.